The van der Waals surface area contributed by atoms with Gasteiger partial charge in [0.25, 0.3) is 0 Å². The third-order valence-corrected chi connectivity index (χ3v) is 3.82. The van der Waals surface area contributed by atoms with Crippen molar-refractivity contribution in [1.82, 2.24) is 5.32 Å². The molecule has 0 spiro atoms. The Morgan fingerprint density at radius 2 is 1.78 bits per heavy atom. The molecule has 0 aliphatic carbocycles. The van der Waals surface area contributed by atoms with Crippen LogP contribution in [0.3, 0.4) is 0 Å². The van der Waals surface area contributed by atoms with E-state index < -0.39 is 0 Å². The van der Waals surface area contributed by atoms with E-state index in [0.717, 1.165) is 6.42 Å². The maximum Gasteiger partial charge on any atom is 0.0582 e. The Balaban J connectivity index is 2.17. The zero-order valence-electron chi connectivity index (χ0n) is 11.3. The Morgan fingerprint density at radius 3 is 2.28 bits per heavy atom. The van der Waals surface area contributed by atoms with Gasteiger partial charge >= 0.3 is 0 Å². The molecule has 1 aromatic carbocycles. The lowest BCUT2D eigenvalue weighted by Gasteiger charge is -2.16. The molecule has 96 valence electrons. The van der Waals surface area contributed by atoms with Crippen molar-refractivity contribution >= 4 is 11.3 Å². The topological polar surface area (TPSA) is 12.0 Å². The first kappa shape index (κ1) is 13.3. The quantitative estimate of drug-likeness (QED) is 0.846. The Morgan fingerprint density at radius 1 is 1.06 bits per heavy atom. The van der Waals surface area contributed by atoms with Crippen molar-refractivity contribution in [3.05, 3.63) is 57.8 Å². The van der Waals surface area contributed by atoms with Gasteiger partial charge < -0.3 is 5.32 Å². The summed E-state index contributed by atoms with van der Waals surface area (Å²) in [6, 6.07) is 11.5. The molecule has 2 aromatic rings. The van der Waals surface area contributed by atoms with Crippen molar-refractivity contribution in [2.75, 3.05) is 7.05 Å². The van der Waals surface area contributed by atoms with E-state index in [1.165, 1.54) is 16.7 Å². The zero-order chi connectivity index (χ0) is 13.0. The fourth-order valence-electron chi connectivity index (χ4n) is 2.28. The Kier molecular flexibility index (Phi) is 4.56. The second-order valence-corrected chi connectivity index (χ2v) is 5.90. The summed E-state index contributed by atoms with van der Waals surface area (Å²) in [5.41, 5.74) is 4.11. The first-order valence-corrected chi connectivity index (χ1v) is 7.43. The molecule has 0 fully saturated rings. The highest BCUT2D eigenvalue weighted by molar-refractivity contribution is 7.08. The lowest BCUT2D eigenvalue weighted by Crippen LogP contribution is -2.16. The predicted molar refractivity (Wildman–Crippen MR) is 80.2 cm³/mol. The molecule has 2 heteroatoms. The summed E-state index contributed by atoms with van der Waals surface area (Å²) < 4.78 is 0. The summed E-state index contributed by atoms with van der Waals surface area (Å²) in [4.78, 5) is 0. The van der Waals surface area contributed by atoms with Gasteiger partial charge in [0.1, 0.15) is 0 Å². The molecular weight excluding hydrogens is 238 g/mol. The van der Waals surface area contributed by atoms with Crippen molar-refractivity contribution in [3.8, 4) is 0 Å². The van der Waals surface area contributed by atoms with E-state index in [0.29, 0.717) is 12.0 Å². The second-order valence-electron chi connectivity index (χ2n) is 5.12. The Bertz CT molecular complexity index is 456. The fraction of sp³-hybridized carbons (Fsp3) is 0.375. The third kappa shape index (κ3) is 3.21. The minimum atomic E-state index is 0.310. The molecule has 0 amide bonds. The highest BCUT2D eigenvalue weighted by atomic mass is 32.1. The number of benzene rings is 1. The maximum absolute atomic E-state index is 3.39. The van der Waals surface area contributed by atoms with E-state index in [1.807, 2.05) is 7.05 Å². The summed E-state index contributed by atoms with van der Waals surface area (Å²) >= 11 is 1.75. The normalized spacial score (nSPS) is 12.9. The van der Waals surface area contributed by atoms with Crippen LogP contribution in [0.25, 0.3) is 0 Å². The van der Waals surface area contributed by atoms with Crippen LogP contribution in [0.5, 0.6) is 0 Å². The summed E-state index contributed by atoms with van der Waals surface area (Å²) in [5.74, 6) is 0.716. The van der Waals surface area contributed by atoms with Crippen LogP contribution in [-0.4, -0.2) is 7.05 Å². The minimum Gasteiger partial charge on any atom is -0.309 e. The van der Waals surface area contributed by atoms with Crippen molar-refractivity contribution < 1.29 is 0 Å². The zero-order valence-corrected chi connectivity index (χ0v) is 12.1. The van der Waals surface area contributed by atoms with E-state index in [4.69, 9.17) is 0 Å². The molecule has 0 aliphatic heterocycles. The van der Waals surface area contributed by atoms with Gasteiger partial charge in [-0.2, -0.15) is 11.3 Å². The molecule has 1 aromatic heterocycles. The average molecular weight is 259 g/mol. The van der Waals surface area contributed by atoms with Crippen molar-refractivity contribution in [2.24, 2.45) is 5.92 Å². The van der Waals surface area contributed by atoms with Gasteiger partial charge in [0.2, 0.25) is 0 Å². The maximum atomic E-state index is 3.39. The Hall–Kier alpha value is -1.12. The van der Waals surface area contributed by atoms with Gasteiger partial charge in [-0.25, -0.2) is 0 Å². The molecule has 0 bridgehead atoms. The van der Waals surface area contributed by atoms with Gasteiger partial charge in [-0.1, -0.05) is 38.1 Å². The van der Waals surface area contributed by atoms with E-state index >= 15 is 0 Å². The van der Waals surface area contributed by atoms with Crippen LogP contribution >= 0.6 is 11.3 Å². The number of hydrogen-bond acceptors (Lipinski definition) is 2. The second kappa shape index (κ2) is 6.17. The molecule has 2 rings (SSSR count). The molecule has 0 saturated heterocycles. The van der Waals surface area contributed by atoms with Crippen LogP contribution in [0.4, 0.5) is 0 Å². The lowest BCUT2D eigenvalue weighted by molar-refractivity contribution is 0.646. The SMILES string of the molecule is CNC(c1ccc(CC(C)C)cc1)c1ccsc1. The average Bonchev–Trinajstić information content (AvgIpc) is 2.85. The highest BCUT2D eigenvalue weighted by Crippen LogP contribution is 2.24. The van der Waals surface area contributed by atoms with Crippen molar-refractivity contribution in [1.29, 1.82) is 0 Å². The predicted octanol–water partition coefficient (Wildman–Crippen LogP) is 4.26. The summed E-state index contributed by atoms with van der Waals surface area (Å²) in [5, 5.41) is 7.73. The van der Waals surface area contributed by atoms with Gasteiger partial charge in [0.15, 0.2) is 0 Å². The first-order valence-electron chi connectivity index (χ1n) is 6.49. The Labute approximate surface area is 114 Å². The number of hydrogen-bond donors (Lipinski definition) is 1. The lowest BCUT2D eigenvalue weighted by atomic mass is 9.97. The standard InChI is InChI=1S/C16H21NS/c1-12(2)10-13-4-6-14(7-5-13)16(17-3)15-8-9-18-11-15/h4-9,11-12,16-17H,10H2,1-3H3. The summed E-state index contributed by atoms with van der Waals surface area (Å²) in [7, 11) is 2.02. The molecule has 1 heterocycles. The van der Waals surface area contributed by atoms with Crippen LogP contribution in [0.15, 0.2) is 41.1 Å². The van der Waals surface area contributed by atoms with Crippen LogP contribution in [0.1, 0.15) is 36.6 Å². The molecule has 1 unspecified atom stereocenters. The van der Waals surface area contributed by atoms with E-state index in [-0.39, 0.29) is 0 Å². The monoisotopic (exact) mass is 259 g/mol. The van der Waals surface area contributed by atoms with E-state index in [2.05, 4.69) is 60.3 Å². The van der Waals surface area contributed by atoms with Crippen LogP contribution in [-0.2, 0) is 6.42 Å². The number of rotatable bonds is 5. The minimum absolute atomic E-state index is 0.310. The summed E-state index contributed by atoms with van der Waals surface area (Å²) in [6.45, 7) is 4.52. The number of thiophene rings is 1. The smallest absolute Gasteiger partial charge is 0.0582 e. The number of nitrogens with one attached hydrogen (secondary N) is 1. The first-order chi connectivity index (χ1) is 8.70. The van der Waals surface area contributed by atoms with Crippen LogP contribution < -0.4 is 5.32 Å². The van der Waals surface area contributed by atoms with E-state index in [1.54, 1.807) is 11.3 Å². The van der Waals surface area contributed by atoms with Crippen molar-refractivity contribution in [3.63, 3.8) is 0 Å². The van der Waals surface area contributed by atoms with Crippen molar-refractivity contribution in [2.45, 2.75) is 26.3 Å². The molecule has 1 N–H and O–H groups in total. The van der Waals surface area contributed by atoms with Gasteiger partial charge in [-0.05, 0) is 52.9 Å². The fourth-order valence-corrected chi connectivity index (χ4v) is 2.97. The third-order valence-electron chi connectivity index (χ3n) is 3.12. The van der Waals surface area contributed by atoms with E-state index in [9.17, 15) is 0 Å². The van der Waals surface area contributed by atoms with Crippen LogP contribution in [0.2, 0.25) is 0 Å². The molecule has 0 aliphatic rings. The summed E-state index contributed by atoms with van der Waals surface area (Å²) in [6.07, 6.45) is 1.16. The largest absolute Gasteiger partial charge is 0.309 e. The molecular formula is C16H21NS. The molecule has 1 nitrogen and oxygen atoms in total. The highest BCUT2D eigenvalue weighted by Gasteiger charge is 2.11. The van der Waals surface area contributed by atoms with Gasteiger partial charge in [-0.15, -0.1) is 0 Å². The van der Waals surface area contributed by atoms with Crippen LogP contribution in [0, 0.1) is 5.92 Å². The molecule has 0 radical (unpaired) electrons. The molecule has 18 heavy (non-hydrogen) atoms. The van der Waals surface area contributed by atoms with Gasteiger partial charge in [0, 0.05) is 0 Å². The van der Waals surface area contributed by atoms with Gasteiger partial charge in [-0.3, -0.25) is 0 Å². The molecule has 0 saturated carbocycles. The van der Waals surface area contributed by atoms with Gasteiger partial charge in [0.05, 0.1) is 6.04 Å². The molecule has 1 atom stereocenters.